The van der Waals surface area contributed by atoms with E-state index >= 15 is 0 Å². The topological polar surface area (TPSA) is 62.8 Å². The Morgan fingerprint density at radius 1 is 1.09 bits per heavy atom. The van der Waals surface area contributed by atoms with E-state index in [1.807, 2.05) is 91.5 Å². The molecule has 6 nitrogen and oxygen atoms in total. The molecule has 0 aromatic heterocycles. The van der Waals surface area contributed by atoms with Crippen LogP contribution in [-0.2, 0) is 4.79 Å². The van der Waals surface area contributed by atoms with Crippen molar-refractivity contribution in [1.82, 2.24) is 5.32 Å². The Balaban J connectivity index is 1.58. The summed E-state index contributed by atoms with van der Waals surface area (Å²) in [5, 5.41) is 7.01. The highest BCUT2D eigenvalue weighted by molar-refractivity contribution is 7.80. The smallest absolute Gasteiger partial charge is 0.236 e. The third-order valence-corrected chi connectivity index (χ3v) is 6.64. The van der Waals surface area contributed by atoms with Gasteiger partial charge in [0.1, 0.15) is 17.4 Å². The van der Waals surface area contributed by atoms with Gasteiger partial charge in [-0.25, -0.2) is 0 Å². The van der Waals surface area contributed by atoms with E-state index in [0.717, 1.165) is 28.3 Å². The molecule has 0 spiro atoms. The number of carbonyl (C=O) groups excluding carboxylic acids is 1. The van der Waals surface area contributed by atoms with E-state index in [2.05, 4.69) is 10.6 Å². The van der Waals surface area contributed by atoms with Crippen LogP contribution in [0.2, 0.25) is 0 Å². The second kappa shape index (κ2) is 8.08. The molecule has 1 saturated heterocycles. The number of benzene rings is 3. The van der Waals surface area contributed by atoms with Crippen molar-refractivity contribution in [2.24, 2.45) is 5.92 Å². The van der Waals surface area contributed by atoms with Gasteiger partial charge >= 0.3 is 0 Å². The minimum atomic E-state index is -1.03. The lowest BCUT2D eigenvalue weighted by Gasteiger charge is -2.56. The third-order valence-electron chi connectivity index (χ3n) is 6.34. The summed E-state index contributed by atoms with van der Waals surface area (Å²) in [6.45, 7) is 3.97. The molecule has 2 heterocycles. The van der Waals surface area contributed by atoms with Crippen LogP contribution in [0.15, 0.2) is 72.8 Å². The third kappa shape index (κ3) is 3.58. The Morgan fingerprint density at radius 3 is 2.48 bits per heavy atom. The molecule has 2 N–H and O–H groups in total. The maximum absolute atomic E-state index is 13.8. The fourth-order valence-electron chi connectivity index (χ4n) is 4.71. The standard InChI is InChI=1S/C26H25N3O3S/c1-16-8-12-18(13-9-16)29-25(33)28-23-20-6-4-5-7-21(20)32-26(29,2)22(23)24(30)27-17-10-14-19(31-3)15-11-17/h4-15,22-23H,1-3H3,(H,27,30)(H,28,33)/t22-,23-,26+/m0/s1. The maximum Gasteiger partial charge on any atom is 0.236 e. The van der Waals surface area contributed by atoms with Gasteiger partial charge in [0.15, 0.2) is 10.8 Å². The van der Waals surface area contributed by atoms with Crippen LogP contribution in [0.3, 0.4) is 0 Å². The van der Waals surface area contributed by atoms with Crippen molar-refractivity contribution in [2.75, 3.05) is 17.3 Å². The summed E-state index contributed by atoms with van der Waals surface area (Å²) in [4.78, 5) is 15.7. The Kier molecular flexibility index (Phi) is 5.21. The minimum absolute atomic E-state index is 0.158. The number of nitrogens with one attached hydrogen (secondary N) is 2. The van der Waals surface area contributed by atoms with Crippen molar-refractivity contribution in [3.05, 3.63) is 83.9 Å². The summed E-state index contributed by atoms with van der Waals surface area (Å²) in [6.07, 6.45) is 0. The number of rotatable bonds is 4. The lowest BCUT2D eigenvalue weighted by molar-refractivity contribution is -0.130. The van der Waals surface area contributed by atoms with Gasteiger partial charge < -0.3 is 20.1 Å². The highest BCUT2D eigenvalue weighted by Crippen LogP contribution is 2.49. The first-order valence-corrected chi connectivity index (χ1v) is 11.2. The number of carbonyl (C=O) groups is 1. The summed E-state index contributed by atoms with van der Waals surface area (Å²) < 4.78 is 11.8. The van der Waals surface area contributed by atoms with Crippen LogP contribution in [0, 0.1) is 12.8 Å². The monoisotopic (exact) mass is 459 g/mol. The van der Waals surface area contributed by atoms with Crippen LogP contribution in [0.4, 0.5) is 11.4 Å². The number of thiocarbonyl (C=S) groups is 1. The number of hydrogen-bond donors (Lipinski definition) is 2. The molecule has 168 valence electrons. The molecule has 0 aliphatic carbocycles. The number of nitrogens with zero attached hydrogens (tertiary/aromatic N) is 1. The quantitative estimate of drug-likeness (QED) is 0.547. The van der Waals surface area contributed by atoms with Gasteiger partial charge in [-0.05, 0) is 68.5 Å². The maximum atomic E-state index is 13.8. The van der Waals surface area contributed by atoms with Crippen molar-refractivity contribution in [1.29, 1.82) is 0 Å². The van der Waals surface area contributed by atoms with E-state index in [1.165, 1.54) is 0 Å². The van der Waals surface area contributed by atoms with Gasteiger partial charge in [0.05, 0.1) is 13.2 Å². The van der Waals surface area contributed by atoms with E-state index in [1.54, 1.807) is 7.11 Å². The Morgan fingerprint density at radius 2 is 1.79 bits per heavy atom. The summed E-state index contributed by atoms with van der Waals surface area (Å²) in [5.41, 5.74) is 2.57. The molecule has 0 saturated carbocycles. The van der Waals surface area contributed by atoms with Gasteiger partial charge in [0.2, 0.25) is 5.91 Å². The number of aryl methyl sites for hydroxylation is 1. The van der Waals surface area contributed by atoms with Gasteiger partial charge in [-0.15, -0.1) is 0 Å². The van der Waals surface area contributed by atoms with Crippen LogP contribution in [0.1, 0.15) is 24.1 Å². The lowest BCUT2D eigenvalue weighted by Crippen LogP contribution is -2.72. The van der Waals surface area contributed by atoms with Gasteiger partial charge in [-0.1, -0.05) is 35.9 Å². The number of ether oxygens (including phenoxy) is 2. The second-order valence-electron chi connectivity index (χ2n) is 8.49. The molecule has 0 unspecified atom stereocenters. The zero-order valence-electron chi connectivity index (χ0n) is 18.7. The van der Waals surface area contributed by atoms with E-state index < -0.39 is 11.6 Å². The molecule has 0 radical (unpaired) electrons. The Bertz CT molecular complexity index is 1210. The van der Waals surface area contributed by atoms with Crippen molar-refractivity contribution in [3.8, 4) is 11.5 Å². The summed E-state index contributed by atoms with van der Waals surface area (Å²) in [5.74, 6) is 0.728. The lowest BCUT2D eigenvalue weighted by atomic mass is 9.78. The summed E-state index contributed by atoms with van der Waals surface area (Å²) in [7, 11) is 1.61. The number of fused-ring (bicyclic) bond motifs is 4. The zero-order chi connectivity index (χ0) is 23.2. The predicted molar refractivity (Wildman–Crippen MR) is 133 cm³/mol. The van der Waals surface area contributed by atoms with Gasteiger partial charge in [0, 0.05) is 16.9 Å². The first kappa shape index (κ1) is 21.3. The highest BCUT2D eigenvalue weighted by atomic mass is 32.1. The van der Waals surface area contributed by atoms with Crippen LogP contribution in [-0.4, -0.2) is 23.9 Å². The molecule has 3 aromatic carbocycles. The molecule has 2 bridgehead atoms. The van der Waals surface area contributed by atoms with E-state index in [0.29, 0.717) is 10.8 Å². The summed E-state index contributed by atoms with van der Waals surface area (Å²) >= 11 is 5.78. The first-order valence-electron chi connectivity index (χ1n) is 10.8. The van der Waals surface area contributed by atoms with Crippen LogP contribution < -0.4 is 25.0 Å². The van der Waals surface area contributed by atoms with Crippen molar-refractivity contribution < 1.29 is 14.3 Å². The molecule has 2 aliphatic heterocycles. The van der Waals surface area contributed by atoms with Crippen LogP contribution in [0.25, 0.3) is 0 Å². The second-order valence-corrected chi connectivity index (χ2v) is 8.87. The van der Waals surface area contributed by atoms with Crippen LogP contribution in [0.5, 0.6) is 11.5 Å². The first-order chi connectivity index (χ1) is 15.9. The molecular weight excluding hydrogens is 434 g/mol. The Labute approximate surface area is 198 Å². The van der Waals surface area contributed by atoms with Gasteiger partial charge in [-0.3, -0.25) is 9.69 Å². The van der Waals surface area contributed by atoms with Crippen molar-refractivity contribution in [2.45, 2.75) is 25.6 Å². The normalized spacial score (nSPS) is 23.1. The molecule has 1 fully saturated rings. The predicted octanol–water partition coefficient (Wildman–Crippen LogP) is 4.80. The van der Waals surface area contributed by atoms with Crippen molar-refractivity contribution >= 4 is 34.6 Å². The molecule has 5 rings (SSSR count). The van der Waals surface area contributed by atoms with Crippen LogP contribution >= 0.6 is 12.2 Å². The minimum Gasteiger partial charge on any atom is -0.497 e. The molecule has 3 aromatic rings. The fraction of sp³-hybridized carbons (Fsp3) is 0.231. The largest absolute Gasteiger partial charge is 0.497 e. The molecule has 1 amide bonds. The highest BCUT2D eigenvalue weighted by Gasteiger charge is 2.59. The van der Waals surface area contributed by atoms with E-state index in [-0.39, 0.29) is 11.9 Å². The van der Waals surface area contributed by atoms with E-state index in [4.69, 9.17) is 21.7 Å². The number of hydrogen-bond acceptors (Lipinski definition) is 4. The molecule has 7 heteroatoms. The molecular formula is C26H25N3O3S. The number of methoxy groups -OCH3 is 1. The average molecular weight is 460 g/mol. The van der Waals surface area contributed by atoms with E-state index in [9.17, 15) is 4.79 Å². The van der Waals surface area contributed by atoms with Crippen molar-refractivity contribution in [3.63, 3.8) is 0 Å². The molecule has 3 atom stereocenters. The molecule has 2 aliphatic rings. The molecule has 33 heavy (non-hydrogen) atoms. The van der Waals surface area contributed by atoms with Gasteiger partial charge in [-0.2, -0.15) is 0 Å². The summed E-state index contributed by atoms with van der Waals surface area (Å²) in [6, 6.07) is 22.8. The van der Waals surface area contributed by atoms with Gasteiger partial charge in [0.25, 0.3) is 0 Å². The SMILES string of the molecule is COc1ccc(NC(=O)[C@@H]2[C@H]3NC(=S)N(c4ccc(C)cc4)[C@]2(C)Oc2ccccc23)cc1. The number of anilines is 2. The fourth-order valence-corrected chi connectivity index (χ4v) is 5.12. The number of para-hydroxylation sites is 1. The Hall–Kier alpha value is -3.58. The average Bonchev–Trinajstić information content (AvgIpc) is 2.80. The number of amides is 1. The zero-order valence-corrected chi connectivity index (χ0v) is 19.5.